The maximum atomic E-state index is 13.3. The quantitative estimate of drug-likeness (QED) is 0.753. The van der Waals surface area contributed by atoms with Crippen LogP contribution in [-0.2, 0) is 13.2 Å². The van der Waals surface area contributed by atoms with Crippen LogP contribution in [0.3, 0.4) is 0 Å². The van der Waals surface area contributed by atoms with E-state index in [2.05, 4.69) is 0 Å². The molecule has 0 aliphatic heterocycles. The fraction of sp³-hybridized carbons (Fsp3) is 0.381. The van der Waals surface area contributed by atoms with E-state index in [1.54, 1.807) is 9.80 Å². The zero-order valence-electron chi connectivity index (χ0n) is 15.6. The number of hydrogen-bond donors (Lipinski definition) is 2. The highest BCUT2D eigenvalue weighted by atomic mass is 16.3. The van der Waals surface area contributed by atoms with Gasteiger partial charge >= 0.3 is 6.03 Å². The fourth-order valence-corrected chi connectivity index (χ4v) is 2.83. The summed E-state index contributed by atoms with van der Waals surface area (Å²) >= 11 is 0. The van der Waals surface area contributed by atoms with Crippen LogP contribution in [-0.4, -0.2) is 29.3 Å². The van der Waals surface area contributed by atoms with Gasteiger partial charge in [-0.05, 0) is 48.2 Å². The molecule has 0 radical (unpaired) electrons. The van der Waals surface area contributed by atoms with Crippen LogP contribution in [0.5, 0.6) is 0 Å². The number of aliphatic hydroxyl groups excluding tert-OH is 2. The Morgan fingerprint density at radius 2 is 1.08 bits per heavy atom. The summed E-state index contributed by atoms with van der Waals surface area (Å²) in [6.07, 6.45) is 1.69. The lowest BCUT2D eigenvalue weighted by atomic mass is 10.2. The SMILES string of the molecule is CCCN(C(=O)N(CCC)c1ccc(CO)cc1)c1ccc(CO)cc1. The molecule has 0 heterocycles. The normalized spacial score (nSPS) is 10.6. The molecule has 0 saturated carbocycles. The van der Waals surface area contributed by atoms with Gasteiger partial charge in [0.2, 0.25) is 0 Å². The van der Waals surface area contributed by atoms with Crippen molar-refractivity contribution >= 4 is 17.4 Å². The molecule has 5 heteroatoms. The molecule has 2 aromatic carbocycles. The predicted molar refractivity (Wildman–Crippen MR) is 105 cm³/mol. The van der Waals surface area contributed by atoms with E-state index in [-0.39, 0.29) is 19.2 Å². The molecule has 140 valence electrons. The second-order valence-electron chi connectivity index (χ2n) is 6.23. The second-order valence-corrected chi connectivity index (χ2v) is 6.23. The minimum atomic E-state index is -0.0674. The van der Waals surface area contributed by atoms with E-state index in [9.17, 15) is 15.0 Å². The molecule has 0 bridgehead atoms. The van der Waals surface area contributed by atoms with Crippen molar-refractivity contribution in [2.24, 2.45) is 0 Å². The van der Waals surface area contributed by atoms with E-state index in [1.165, 1.54) is 0 Å². The van der Waals surface area contributed by atoms with Gasteiger partial charge in [0, 0.05) is 24.5 Å². The lowest BCUT2D eigenvalue weighted by Crippen LogP contribution is -2.44. The van der Waals surface area contributed by atoms with Crippen LogP contribution in [0.25, 0.3) is 0 Å². The number of rotatable bonds is 8. The Hall–Kier alpha value is -2.37. The number of nitrogens with zero attached hydrogens (tertiary/aromatic N) is 2. The predicted octanol–water partition coefficient (Wildman–Crippen LogP) is 3.92. The molecule has 0 fully saturated rings. The second kappa shape index (κ2) is 9.94. The lowest BCUT2D eigenvalue weighted by Gasteiger charge is -2.31. The number of urea groups is 1. The molecule has 0 aliphatic carbocycles. The molecule has 2 amide bonds. The molecule has 0 spiro atoms. The lowest BCUT2D eigenvalue weighted by molar-refractivity contribution is 0.251. The first-order valence-corrected chi connectivity index (χ1v) is 9.13. The van der Waals surface area contributed by atoms with E-state index in [0.29, 0.717) is 13.1 Å². The van der Waals surface area contributed by atoms with E-state index >= 15 is 0 Å². The van der Waals surface area contributed by atoms with Gasteiger partial charge in [-0.3, -0.25) is 9.80 Å². The summed E-state index contributed by atoms with van der Waals surface area (Å²) in [5, 5.41) is 18.4. The minimum absolute atomic E-state index is 0.0127. The Labute approximate surface area is 155 Å². The van der Waals surface area contributed by atoms with Gasteiger partial charge < -0.3 is 10.2 Å². The fourth-order valence-electron chi connectivity index (χ4n) is 2.83. The third kappa shape index (κ3) is 4.84. The molecule has 2 N–H and O–H groups in total. The molecular formula is C21H28N2O3. The number of anilines is 2. The highest BCUT2D eigenvalue weighted by Gasteiger charge is 2.22. The third-order valence-corrected chi connectivity index (χ3v) is 4.22. The van der Waals surface area contributed by atoms with Gasteiger partial charge in [-0.2, -0.15) is 0 Å². The van der Waals surface area contributed by atoms with Crippen molar-refractivity contribution in [2.45, 2.75) is 39.9 Å². The molecule has 0 aromatic heterocycles. The average molecular weight is 356 g/mol. The monoisotopic (exact) mass is 356 g/mol. The first-order chi connectivity index (χ1) is 12.6. The third-order valence-electron chi connectivity index (χ3n) is 4.22. The van der Waals surface area contributed by atoms with E-state index in [4.69, 9.17) is 0 Å². The Morgan fingerprint density at radius 1 is 0.731 bits per heavy atom. The Kier molecular flexibility index (Phi) is 7.63. The Balaban J connectivity index is 2.31. The van der Waals surface area contributed by atoms with Gasteiger partial charge in [-0.15, -0.1) is 0 Å². The van der Waals surface area contributed by atoms with Crippen LogP contribution in [0.1, 0.15) is 37.8 Å². The molecule has 0 atom stereocenters. The van der Waals surface area contributed by atoms with Crippen LogP contribution >= 0.6 is 0 Å². The Bertz CT molecular complexity index is 624. The number of carbonyl (C=O) groups is 1. The zero-order chi connectivity index (χ0) is 18.9. The van der Waals surface area contributed by atoms with E-state index < -0.39 is 0 Å². The zero-order valence-corrected chi connectivity index (χ0v) is 15.6. The average Bonchev–Trinajstić information content (AvgIpc) is 2.70. The van der Waals surface area contributed by atoms with Crippen molar-refractivity contribution in [3.63, 3.8) is 0 Å². The summed E-state index contributed by atoms with van der Waals surface area (Å²) in [6.45, 7) is 5.30. The maximum Gasteiger partial charge on any atom is 0.328 e. The van der Waals surface area contributed by atoms with Crippen molar-refractivity contribution in [2.75, 3.05) is 22.9 Å². The molecule has 0 unspecified atom stereocenters. The van der Waals surface area contributed by atoms with Gasteiger partial charge in [0.15, 0.2) is 0 Å². The Morgan fingerprint density at radius 3 is 1.35 bits per heavy atom. The van der Waals surface area contributed by atoms with Crippen LogP contribution in [0.4, 0.5) is 16.2 Å². The standard InChI is InChI=1S/C21H28N2O3/c1-3-13-22(19-9-5-17(15-24)6-10-19)21(26)23(14-4-2)20-11-7-18(16-25)8-12-20/h5-12,24-25H,3-4,13-16H2,1-2H3. The smallest absolute Gasteiger partial charge is 0.328 e. The molecule has 0 saturated heterocycles. The number of benzene rings is 2. The van der Waals surface area contributed by atoms with E-state index in [0.717, 1.165) is 35.3 Å². The summed E-state index contributed by atoms with van der Waals surface area (Å²) in [5.74, 6) is 0. The van der Waals surface area contributed by atoms with Crippen LogP contribution in [0, 0.1) is 0 Å². The number of aliphatic hydroxyl groups is 2. The van der Waals surface area contributed by atoms with E-state index in [1.807, 2.05) is 62.4 Å². The van der Waals surface area contributed by atoms with Crippen molar-refractivity contribution in [3.8, 4) is 0 Å². The minimum Gasteiger partial charge on any atom is -0.392 e. The highest BCUT2D eigenvalue weighted by molar-refractivity contribution is 6.03. The molecule has 2 aromatic rings. The molecule has 5 nitrogen and oxygen atoms in total. The first kappa shape index (κ1) is 19.9. The maximum absolute atomic E-state index is 13.3. The molecule has 26 heavy (non-hydrogen) atoms. The summed E-state index contributed by atoms with van der Waals surface area (Å²) in [7, 11) is 0. The topological polar surface area (TPSA) is 64.0 Å². The highest BCUT2D eigenvalue weighted by Crippen LogP contribution is 2.22. The summed E-state index contributed by atoms with van der Waals surface area (Å²) < 4.78 is 0. The molecule has 2 rings (SSSR count). The van der Waals surface area contributed by atoms with Crippen LogP contribution < -0.4 is 9.80 Å². The summed E-state index contributed by atoms with van der Waals surface area (Å²) in [4.78, 5) is 16.8. The van der Waals surface area contributed by atoms with Crippen molar-refractivity contribution in [1.82, 2.24) is 0 Å². The van der Waals surface area contributed by atoms with Gasteiger partial charge in [0.05, 0.1) is 13.2 Å². The largest absolute Gasteiger partial charge is 0.392 e. The number of carbonyl (C=O) groups excluding carboxylic acids is 1. The van der Waals surface area contributed by atoms with Crippen LogP contribution in [0.15, 0.2) is 48.5 Å². The van der Waals surface area contributed by atoms with Gasteiger partial charge in [-0.1, -0.05) is 38.1 Å². The summed E-state index contributed by atoms with van der Waals surface area (Å²) in [6, 6.07) is 14.8. The number of amides is 2. The van der Waals surface area contributed by atoms with Gasteiger partial charge in [0.1, 0.15) is 0 Å². The molecular weight excluding hydrogens is 328 g/mol. The molecule has 0 aliphatic rings. The first-order valence-electron chi connectivity index (χ1n) is 9.13. The van der Waals surface area contributed by atoms with Crippen molar-refractivity contribution in [1.29, 1.82) is 0 Å². The van der Waals surface area contributed by atoms with Crippen molar-refractivity contribution < 1.29 is 15.0 Å². The summed E-state index contributed by atoms with van der Waals surface area (Å²) in [5.41, 5.74) is 3.29. The number of hydrogen-bond acceptors (Lipinski definition) is 3. The van der Waals surface area contributed by atoms with Crippen molar-refractivity contribution in [3.05, 3.63) is 59.7 Å². The van der Waals surface area contributed by atoms with Gasteiger partial charge in [0.25, 0.3) is 0 Å². The van der Waals surface area contributed by atoms with Crippen LogP contribution in [0.2, 0.25) is 0 Å². The van der Waals surface area contributed by atoms with Gasteiger partial charge in [-0.25, -0.2) is 4.79 Å².